The SMILES string of the molecule is c1ccc(-c2ccc3oc4cccc(N(c5ccc(-c6ccc7oc8ccccc8c7c6)cc5)c5ccc(-c6ccc7oc8ccccc8c7c6)cc5)c4c3c2)cc1. The highest BCUT2D eigenvalue weighted by Crippen LogP contribution is 2.45. The van der Waals surface area contributed by atoms with Gasteiger partial charge in [-0.1, -0.05) is 115 Å². The molecule has 58 heavy (non-hydrogen) atoms. The van der Waals surface area contributed by atoms with E-state index in [0.29, 0.717) is 0 Å². The Bertz CT molecular complexity index is 3340. The third-order valence-electron chi connectivity index (χ3n) is 11.5. The van der Waals surface area contributed by atoms with Gasteiger partial charge in [-0.2, -0.15) is 0 Å². The number of anilines is 3. The standard InChI is InChI=1S/C54H33NO3/c1-2-9-34(10-3-1)39-23-30-52-46(33-39)54-47(13-8-16-53(54)58-52)55(40-24-17-35(18-25-40)37-21-28-50-44(31-37)42-11-4-6-14-48(42)56-50)41-26-19-36(20-27-41)38-22-29-51-45(32-38)43-12-5-7-15-49(43)57-51/h1-33H. The Morgan fingerprint density at radius 2 is 0.655 bits per heavy atom. The van der Waals surface area contributed by atoms with Crippen LogP contribution in [0.3, 0.4) is 0 Å². The summed E-state index contributed by atoms with van der Waals surface area (Å²) < 4.78 is 18.8. The van der Waals surface area contributed by atoms with Crippen LogP contribution in [0.15, 0.2) is 213 Å². The quantitative estimate of drug-likeness (QED) is 0.170. The van der Waals surface area contributed by atoms with Crippen LogP contribution in [0.5, 0.6) is 0 Å². The molecule has 272 valence electrons. The summed E-state index contributed by atoms with van der Waals surface area (Å²) in [7, 11) is 0. The van der Waals surface area contributed by atoms with Crippen molar-refractivity contribution in [3.05, 3.63) is 200 Å². The summed E-state index contributed by atoms with van der Waals surface area (Å²) in [5.74, 6) is 0. The van der Waals surface area contributed by atoms with Gasteiger partial charge in [0, 0.05) is 38.3 Å². The zero-order chi connectivity index (χ0) is 38.2. The average molecular weight is 744 g/mol. The highest BCUT2D eigenvalue weighted by atomic mass is 16.3. The molecule has 0 spiro atoms. The molecule has 4 nitrogen and oxygen atoms in total. The molecule has 3 aromatic heterocycles. The van der Waals surface area contributed by atoms with E-state index in [1.165, 1.54) is 5.56 Å². The Morgan fingerprint density at radius 3 is 1.21 bits per heavy atom. The zero-order valence-corrected chi connectivity index (χ0v) is 31.2. The minimum Gasteiger partial charge on any atom is -0.456 e. The molecule has 0 amide bonds. The van der Waals surface area contributed by atoms with E-state index in [0.717, 1.165) is 111 Å². The van der Waals surface area contributed by atoms with Crippen molar-refractivity contribution in [3.63, 3.8) is 0 Å². The summed E-state index contributed by atoms with van der Waals surface area (Å²) in [6.45, 7) is 0. The topological polar surface area (TPSA) is 42.7 Å². The Morgan fingerprint density at radius 1 is 0.259 bits per heavy atom. The molecule has 0 aliphatic carbocycles. The van der Waals surface area contributed by atoms with Crippen LogP contribution in [0.4, 0.5) is 17.1 Å². The summed E-state index contributed by atoms with van der Waals surface area (Å²) in [6, 6.07) is 70.4. The maximum Gasteiger partial charge on any atom is 0.137 e. The molecular weight excluding hydrogens is 711 g/mol. The molecule has 0 saturated carbocycles. The average Bonchev–Trinajstić information content (AvgIpc) is 3.98. The van der Waals surface area contributed by atoms with Gasteiger partial charge < -0.3 is 18.2 Å². The molecule has 9 aromatic carbocycles. The van der Waals surface area contributed by atoms with Crippen molar-refractivity contribution in [3.8, 4) is 33.4 Å². The lowest BCUT2D eigenvalue weighted by molar-refractivity contribution is 0.668. The highest BCUT2D eigenvalue weighted by molar-refractivity contribution is 6.14. The molecule has 3 heterocycles. The van der Waals surface area contributed by atoms with Gasteiger partial charge in [0.05, 0.1) is 11.1 Å². The van der Waals surface area contributed by atoms with Gasteiger partial charge in [0.25, 0.3) is 0 Å². The first-order valence-corrected chi connectivity index (χ1v) is 19.6. The number of rotatable bonds is 6. The molecule has 12 rings (SSSR count). The van der Waals surface area contributed by atoms with Gasteiger partial charge in [0.1, 0.15) is 33.5 Å². The molecule has 0 saturated heterocycles. The van der Waals surface area contributed by atoms with Crippen molar-refractivity contribution in [2.45, 2.75) is 0 Å². The number of benzene rings is 9. The molecule has 0 unspecified atom stereocenters. The second-order valence-electron chi connectivity index (χ2n) is 14.9. The lowest BCUT2D eigenvalue weighted by atomic mass is 10.00. The Balaban J connectivity index is 0.999. The third-order valence-corrected chi connectivity index (χ3v) is 11.5. The first kappa shape index (κ1) is 32.4. The molecule has 0 aliphatic rings. The second-order valence-corrected chi connectivity index (χ2v) is 14.9. The van der Waals surface area contributed by atoms with Gasteiger partial charge in [0.15, 0.2) is 0 Å². The minimum atomic E-state index is 0.845. The van der Waals surface area contributed by atoms with Crippen LogP contribution in [-0.4, -0.2) is 0 Å². The molecule has 12 aromatic rings. The van der Waals surface area contributed by atoms with E-state index in [1.807, 2.05) is 24.3 Å². The van der Waals surface area contributed by atoms with Crippen LogP contribution in [0.2, 0.25) is 0 Å². The van der Waals surface area contributed by atoms with Gasteiger partial charge >= 0.3 is 0 Å². The molecule has 0 N–H and O–H groups in total. The highest BCUT2D eigenvalue weighted by Gasteiger charge is 2.21. The Kier molecular flexibility index (Phi) is 7.20. The predicted molar refractivity (Wildman–Crippen MR) is 239 cm³/mol. The van der Waals surface area contributed by atoms with E-state index in [9.17, 15) is 0 Å². The number of nitrogens with zero attached hydrogens (tertiary/aromatic N) is 1. The molecule has 0 radical (unpaired) electrons. The van der Waals surface area contributed by atoms with Gasteiger partial charge in [0.2, 0.25) is 0 Å². The fourth-order valence-corrected chi connectivity index (χ4v) is 8.65. The number of hydrogen-bond donors (Lipinski definition) is 0. The van der Waals surface area contributed by atoms with E-state index in [4.69, 9.17) is 13.3 Å². The summed E-state index contributed by atoms with van der Waals surface area (Å²) >= 11 is 0. The van der Waals surface area contributed by atoms with Gasteiger partial charge in [-0.25, -0.2) is 0 Å². The normalized spacial score (nSPS) is 11.8. The number of para-hydroxylation sites is 2. The van der Waals surface area contributed by atoms with Crippen molar-refractivity contribution >= 4 is 82.9 Å². The maximum absolute atomic E-state index is 6.54. The first-order valence-electron chi connectivity index (χ1n) is 19.6. The largest absolute Gasteiger partial charge is 0.456 e. The van der Waals surface area contributed by atoms with Crippen LogP contribution in [0.1, 0.15) is 0 Å². The summed E-state index contributed by atoms with van der Waals surface area (Å²) in [5, 5.41) is 6.63. The van der Waals surface area contributed by atoms with Crippen LogP contribution in [0, 0.1) is 0 Å². The molecule has 0 atom stereocenters. The lowest BCUT2D eigenvalue weighted by Crippen LogP contribution is -2.10. The van der Waals surface area contributed by atoms with E-state index in [2.05, 4.69) is 181 Å². The van der Waals surface area contributed by atoms with Crippen LogP contribution < -0.4 is 4.90 Å². The van der Waals surface area contributed by atoms with Crippen LogP contribution in [0.25, 0.3) is 99.2 Å². The van der Waals surface area contributed by atoms with Gasteiger partial charge in [-0.15, -0.1) is 0 Å². The van der Waals surface area contributed by atoms with Crippen molar-refractivity contribution < 1.29 is 13.3 Å². The first-order chi connectivity index (χ1) is 28.7. The monoisotopic (exact) mass is 743 g/mol. The Labute approximate surface area is 333 Å². The van der Waals surface area contributed by atoms with Crippen molar-refractivity contribution in [2.75, 3.05) is 4.90 Å². The van der Waals surface area contributed by atoms with Crippen molar-refractivity contribution in [1.82, 2.24) is 0 Å². The molecule has 4 heteroatoms. The predicted octanol–water partition coefficient (Wildman–Crippen LogP) is 15.9. The maximum atomic E-state index is 6.54. The van der Waals surface area contributed by atoms with Gasteiger partial charge in [-0.3, -0.25) is 0 Å². The number of furan rings is 3. The Hall–Kier alpha value is -7.82. The molecule has 0 bridgehead atoms. The third kappa shape index (κ3) is 5.23. The van der Waals surface area contributed by atoms with Crippen molar-refractivity contribution in [1.29, 1.82) is 0 Å². The summed E-state index contributed by atoms with van der Waals surface area (Å²) in [5.41, 5.74) is 15.3. The zero-order valence-electron chi connectivity index (χ0n) is 31.2. The van der Waals surface area contributed by atoms with Crippen molar-refractivity contribution in [2.24, 2.45) is 0 Å². The summed E-state index contributed by atoms with van der Waals surface area (Å²) in [6.07, 6.45) is 0. The summed E-state index contributed by atoms with van der Waals surface area (Å²) in [4.78, 5) is 2.35. The second kappa shape index (κ2) is 12.9. The number of hydrogen-bond acceptors (Lipinski definition) is 4. The fourth-order valence-electron chi connectivity index (χ4n) is 8.65. The van der Waals surface area contributed by atoms with E-state index < -0.39 is 0 Å². The van der Waals surface area contributed by atoms with E-state index in [1.54, 1.807) is 0 Å². The van der Waals surface area contributed by atoms with Crippen LogP contribution >= 0.6 is 0 Å². The van der Waals surface area contributed by atoms with Gasteiger partial charge in [-0.05, 0) is 118 Å². The fraction of sp³-hybridized carbons (Fsp3) is 0. The number of fused-ring (bicyclic) bond motifs is 9. The van der Waals surface area contributed by atoms with E-state index in [-0.39, 0.29) is 0 Å². The van der Waals surface area contributed by atoms with E-state index >= 15 is 0 Å². The lowest BCUT2D eigenvalue weighted by Gasteiger charge is -2.26. The smallest absolute Gasteiger partial charge is 0.137 e. The molecule has 0 aliphatic heterocycles. The van der Waals surface area contributed by atoms with Crippen LogP contribution in [-0.2, 0) is 0 Å². The molecular formula is C54H33NO3. The minimum absolute atomic E-state index is 0.845. The molecule has 0 fully saturated rings.